The van der Waals surface area contributed by atoms with Crippen molar-refractivity contribution in [2.24, 2.45) is 0 Å². The number of carbonyl (C=O) groups excluding carboxylic acids is 2. The Morgan fingerprint density at radius 3 is 2.69 bits per heavy atom. The molecule has 224 valence electrons. The fraction of sp³-hybridized carbons (Fsp3) is 0.852. The minimum absolute atomic E-state index is 0.0178. The van der Waals surface area contributed by atoms with Crippen molar-refractivity contribution in [3.8, 4) is 0 Å². The van der Waals surface area contributed by atoms with Crippen LogP contribution in [-0.4, -0.2) is 119 Å². The molecular formula is C27H48N2O8SSi. The Kier molecular flexibility index (Phi) is 12.6. The summed E-state index contributed by atoms with van der Waals surface area (Å²) >= 11 is 1.55. The Bertz CT molecular complexity index is 822. The first-order valence-corrected chi connectivity index (χ1v) is 18.8. The van der Waals surface area contributed by atoms with Crippen molar-refractivity contribution in [2.45, 2.75) is 87.7 Å². The third-order valence-corrected chi connectivity index (χ3v) is 10.8. The minimum Gasteiger partial charge on any atom is -0.502 e. The fourth-order valence-electron chi connectivity index (χ4n) is 5.14. The highest BCUT2D eigenvalue weighted by Crippen LogP contribution is 2.50. The largest absolute Gasteiger partial charge is 0.502 e. The molecule has 2 amide bonds. The first-order valence-electron chi connectivity index (χ1n) is 14.1. The lowest BCUT2D eigenvalue weighted by atomic mass is 10.1. The second-order valence-corrected chi connectivity index (χ2v) is 18.4. The van der Waals surface area contributed by atoms with E-state index >= 15 is 0 Å². The number of nitrogens with zero attached hydrogens (tertiary/aromatic N) is 2. The number of likely N-dealkylation sites (N-methyl/N-ethyl adjacent to an activating group) is 1. The Hall–Kier alpha value is -1.15. The molecule has 10 nitrogen and oxygen atoms in total. The fourth-order valence-corrected chi connectivity index (χ4v) is 9.30. The number of piperazine rings is 1. The summed E-state index contributed by atoms with van der Waals surface area (Å²) < 4.78 is 34.9. The molecule has 0 aliphatic carbocycles. The quantitative estimate of drug-likeness (QED) is 0.116. The Labute approximate surface area is 239 Å². The Morgan fingerprint density at radius 1 is 1.23 bits per heavy atom. The lowest BCUT2D eigenvalue weighted by Crippen LogP contribution is -2.69. The van der Waals surface area contributed by atoms with E-state index in [-0.39, 0.29) is 25.2 Å². The summed E-state index contributed by atoms with van der Waals surface area (Å²) in [5.41, 5.74) is 0. The third-order valence-electron chi connectivity index (χ3n) is 7.19. The van der Waals surface area contributed by atoms with Crippen molar-refractivity contribution in [3.05, 3.63) is 12.3 Å². The maximum Gasteiger partial charge on any atom is 0.262 e. The molecule has 0 aromatic heterocycles. The summed E-state index contributed by atoms with van der Waals surface area (Å²) in [6, 6.07) is 0.582. The van der Waals surface area contributed by atoms with E-state index < -0.39 is 37.5 Å². The number of rotatable bonds is 16. The van der Waals surface area contributed by atoms with E-state index in [0.717, 1.165) is 31.1 Å². The maximum atomic E-state index is 14.1. The van der Waals surface area contributed by atoms with E-state index in [2.05, 4.69) is 19.6 Å². The van der Waals surface area contributed by atoms with Gasteiger partial charge in [-0.1, -0.05) is 19.6 Å². The van der Waals surface area contributed by atoms with Gasteiger partial charge in [0, 0.05) is 35.3 Å². The molecule has 0 bridgehead atoms. The zero-order chi connectivity index (χ0) is 28.5. The van der Waals surface area contributed by atoms with Crippen LogP contribution in [0.15, 0.2) is 12.3 Å². The van der Waals surface area contributed by atoms with Gasteiger partial charge in [0.15, 0.2) is 11.2 Å². The smallest absolute Gasteiger partial charge is 0.262 e. The number of ether oxygens (including phenoxy) is 6. The van der Waals surface area contributed by atoms with Crippen LogP contribution in [-0.2, 0) is 38.0 Å². The molecule has 3 heterocycles. The van der Waals surface area contributed by atoms with Gasteiger partial charge in [0.1, 0.15) is 19.0 Å². The molecule has 0 saturated carbocycles. The first-order chi connectivity index (χ1) is 18.6. The van der Waals surface area contributed by atoms with E-state index in [9.17, 15) is 9.59 Å². The van der Waals surface area contributed by atoms with Crippen LogP contribution in [0, 0.1) is 0 Å². The van der Waals surface area contributed by atoms with Crippen molar-refractivity contribution in [2.75, 3.05) is 59.7 Å². The summed E-state index contributed by atoms with van der Waals surface area (Å²) in [7, 11) is 1.92. The predicted molar refractivity (Wildman–Crippen MR) is 153 cm³/mol. The number of carbonyl (C=O) groups is 2. The van der Waals surface area contributed by atoms with Crippen molar-refractivity contribution in [1.29, 1.82) is 0 Å². The molecule has 39 heavy (non-hydrogen) atoms. The van der Waals surface area contributed by atoms with Crippen LogP contribution in [0.25, 0.3) is 0 Å². The van der Waals surface area contributed by atoms with Gasteiger partial charge in [-0.15, -0.1) is 11.8 Å². The standard InChI is InChI=1S/C27H48N2O8SSi/c1-7-33-13-11-22(36-20-34-15-14-32-3)21-18-23(37-25-10-8-9-12-35-25)27(38-16-17-39(4,5)6)26(31)28(2)19-24(30)29(21)27/h11,13,21-23,25H,7-10,12,14-20H2,1-6H3/b13-11+/t21-,22+,23-,25?,27+/m0/s1. The van der Waals surface area contributed by atoms with Crippen molar-refractivity contribution >= 4 is 31.7 Å². The van der Waals surface area contributed by atoms with Crippen LogP contribution in [0.3, 0.4) is 0 Å². The monoisotopic (exact) mass is 588 g/mol. The topological polar surface area (TPSA) is 96.0 Å². The third kappa shape index (κ3) is 8.43. The number of hydrogen-bond donors (Lipinski definition) is 0. The average molecular weight is 589 g/mol. The van der Waals surface area contributed by atoms with Gasteiger partial charge in [0.25, 0.3) is 5.91 Å². The van der Waals surface area contributed by atoms with Crippen molar-refractivity contribution in [3.63, 3.8) is 0 Å². The summed E-state index contributed by atoms with van der Waals surface area (Å²) in [5, 5.41) is 0. The first kappa shape index (κ1) is 32.4. The molecule has 5 atom stereocenters. The van der Waals surface area contributed by atoms with Gasteiger partial charge in [-0.05, 0) is 44.1 Å². The van der Waals surface area contributed by atoms with Gasteiger partial charge in [-0.3, -0.25) is 9.59 Å². The second-order valence-electron chi connectivity index (χ2n) is 11.4. The normalized spacial score (nSPS) is 28.8. The number of thioether (sulfide) groups is 1. The summed E-state index contributed by atoms with van der Waals surface area (Å²) in [6.45, 7) is 10.9. The van der Waals surface area contributed by atoms with Gasteiger partial charge in [0.05, 0.1) is 38.7 Å². The SMILES string of the molecule is CCO/C=C/[C@@H](OCOCCOC)[C@@H]1C[C@H](OC2CCCCO2)[C@@]2(SCC[Si](C)(C)C)C(=O)N(C)CC(=O)N12. The Balaban J connectivity index is 1.96. The lowest BCUT2D eigenvalue weighted by Gasteiger charge is -2.48. The zero-order valence-electron chi connectivity index (χ0n) is 24.5. The summed E-state index contributed by atoms with van der Waals surface area (Å²) in [4.78, 5) is 30.0. The predicted octanol–water partition coefficient (Wildman–Crippen LogP) is 3.29. The van der Waals surface area contributed by atoms with E-state index in [4.69, 9.17) is 28.4 Å². The molecule has 3 aliphatic rings. The van der Waals surface area contributed by atoms with E-state index in [0.29, 0.717) is 32.8 Å². The molecular weight excluding hydrogens is 540 g/mol. The molecule has 3 aliphatic heterocycles. The summed E-state index contributed by atoms with van der Waals surface area (Å²) in [6.07, 6.45) is 5.11. The van der Waals surface area contributed by atoms with Gasteiger partial charge >= 0.3 is 0 Å². The molecule has 3 rings (SSSR count). The molecule has 0 aromatic rings. The zero-order valence-corrected chi connectivity index (χ0v) is 26.3. The number of fused-ring (bicyclic) bond motifs is 1. The molecule has 0 aromatic carbocycles. The van der Waals surface area contributed by atoms with Crippen LogP contribution < -0.4 is 0 Å². The molecule has 3 fully saturated rings. The second kappa shape index (κ2) is 15.2. The molecule has 0 radical (unpaired) electrons. The number of amides is 2. The van der Waals surface area contributed by atoms with Crippen LogP contribution in [0.4, 0.5) is 0 Å². The van der Waals surface area contributed by atoms with Crippen molar-refractivity contribution in [1.82, 2.24) is 9.80 Å². The minimum atomic E-state index is -1.39. The van der Waals surface area contributed by atoms with Gasteiger partial charge in [0.2, 0.25) is 5.91 Å². The van der Waals surface area contributed by atoms with E-state index in [1.807, 2.05) is 6.92 Å². The number of methoxy groups -OCH3 is 1. The molecule has 0 spiro atoms. The highest BCUT2D eigenvalue weighted by Gasteiger charge is 2.66. The van der Waals surface area contributed by atoms with Crippen LogP contribution in [0.1, 0.15) is 32.6 Å². The van der Waals surface area contributed by atoms with E-state index in [1.54, 1.807) is 48.1 Å². The van der Waals surface area contributed by atoms with E-state index in [1.165, 1.54) is 0 Å². The van der Waals surface area contributed by atoms with Crippen LogP contribution in [0.2, 0.25) is 25.7 Å². The highest BCUT2D eigenvalue weighted by molar-refractivity contribution is 8.01. The maximum absolute atomic E-state index is 14.1. The molecule has 3 saturated heterocycles. The number of hydrogen-bond acceptors (Lipinski definition) is 9. The van der Waals surface area contributed by atoms with Gasteiger partial charge in [-0.25, -0.2) is 0 Å². The van der Waals surface area contributed by atoms with Gasteiger partial charge < -0.3 is 38.2 Å². The van der Waals surface area contributed by atoms with Crippen LogP contribution >= 0.6 is 11.8 Å². The molecule has 0 N–H and O–H groups in total. The molecule has 12 heteroatoms. The highest BCUT2D eigenvalue weighted by atomic mass is 32.2. The van der Waals surface area contributed by atoms with Crippen molar-refractivity contribution < 1.29 is 38.0 Å². The lowest BCUT2D eigenvalue weighted by molar-refractivity contribution is -0.200. The average Bonchev–Trinajstić information content (AvgIpc) is 3.21. The molecule has 1 unspecified atom stereocenters. The van der Waals surface area contributed by atoms with Crippen LogP contribution in [0.5, 0.6) is 0 Å². The Morgan fingerprint density at radius 2 is 2.03 bits per heavy atom. The van der Waals surface area contributed by atoms with Gasteiger partial charge in [-0.2, -0.15) is 0 Å². The summed E-state index contributed by atoms with van der Waals surface area (Å²) in [5.74, 6) is 0.546.